The molecule has 0 aromatic rings. The highest BCUT2D eigenvalue weighted by atomic mass is 16.3. The van der Waals surface area contributed by atoms with Crippen LogP contribution in [-0.4, -0.2) is 35.7 Å². The summed E-state index contributed by atoms with van der Waals surface area (Å²) in [5.41, 5.74) is -0.308. The highest BCUT2D eigenvalue weighted by Crippen LogP contribution is 2.31. The quantitative estimate of drug-likeness (QED) is 0.681. The number of aliphatic hydroxyl groups is 1. The molecule has 1 saturated heterocycles. The second kappa shape index (κ2) is 5.36. The number of nitrogens with one attached hydrogen (secondary N) is 2. The Hall–Kier alpha value is -0.610. The summed E-state index contributed by atoms with van der Waals surface area (Å²) in [4.78, 5) is 12.1. The second-order valence-electron chi connectivity index (χ2n) is 5.59. The van der Waals surface area contributed by atoms with Gasteiger partial charge in [0.05, 0.1) is 18.2 Å². The molecular formula is C13H24N2O2. The second-order valence-corrected chi connectivity index (χ2v) is 5.59. The van der Waals surface area contributed by atoms with Crippen LogP contribution in [0.4, 0.5) is 0 Å². The lowest BCUT2D eigenvalue weighted by molar-refractivity contribution is -0.128. The summed E-state index contributed by atoms with van der Waals surface area (Å²) in [5.74, 6) is 0.746. The van der Waals surface area contributed by atoms with Crippen LogP contribution in [0.1, 0.15) is 45.4 Å². The number of hydrogen-bond acceptors (Lipinski definition) is 3. The van der Waals surface area contributed by atoms with Crippen molar-refractivity contribution in [2.75, 3.05) is 13.2 Å². The van der Waals surface area contributed by atoms with Gasteiger partial charge in [-0.2, -0.15) is 0 Å². The van der Waals surface area contributed by atoms with Crippen molar-refractivity contribution in [3.8, 4) is 0 Å². The number of aliphatic hydroxyl groups excluding tert-OH is 1. The van der Waals surface area contributed by atoms with Gasteiger partial charge in [-0.1, -0.05) is 13.3 Å². The van der Waals surface area contributed by atoms with Gasteiger partial charge in [-0.15, -0.1) is 0 Å². The number of carbonyl (C=O) groups is 1. The van der Waals surface area contributed by atoms with Gasteiger partial charge in [0.15, 0.2) is 0 Å². The van der Waals surface area contributed by atoms with E-state index in [9.17, 15) is 9.90 Å². The van der Waals surface area contributed by atoms with Crippen molar-refractivity contribution >= 4 is 5.91 Å². The van der Waals surface area contributed by atoms with Gasteiger partial charge in [-0.25, -0.2) is 0 Å². The number of rotatable bonds is 4. The van der Waals surface area contributed by atoms with E-state index < -0.39 is 0 Å². The summed E-state index contributed by atoms with van der Waals surface area (Å²) in [7, 11) is 0. The van der Waals surface area contributed by atoms with Crippen molar-refractivity contribution in [1.82, 2.24) is 10.6 Å². The van der Waals surface area contributed by atoms with Crippen LogP contribution in [0.3, 0.4) is 0 Å². The van der Waals surface area contributed by atoms with Crippen molar-refractivity contribution in [3.63, 3.8) is 0 Å². The average Bonchev–Trinajstić information content (AvgIpc) is 2.33. The standard InChI is InChI=1S/C13H24N2O2/c1-2-10-4-7-14-11(8-10)12(17)15-13(9-16)5-3-6-13/h10-11,14,16H,2-9H2,1H3,(H,15,17). The van der Waals surface area contributed by atoms with Crippen LogP contribution in [0.15, 0.2) is 0 Å². The van der Waals surface area contributed by atoms with E-state index in [4.69, 9.17) is 0 Å². The zero-order chi connectivity index (χ0) is 12.3. The van der Waals surface area contributed by atoms with Crippen molar-refractivity contribution in [2.24, 2.45) is 5.92 Å². The summed E-state index contributed by atoms with van der Waals surface area (Å²) in [6.45, 7) is 3.19. The Morgan fingerprint density at radius 2 is 2.29 bits per heavy atom. The van der Waals surface area contributed by atoms with Gasteiger partial charge in [0.1, 0.15) is 0 Å². The van der Waals surface area contributed by atoms with Crippen molar-refractivity contribution < 1.29 is 9.90 Å². The first-order chi connectivity index (χ1) is 8.19. The molecule has 2 rings (SSSR count). The van der Waals surface area contributed by atoms with Gasteiger partial charge >= 0.3 is 0 Å². The molecule has 0 aromatic carbocycles. The molecule has 2 fully saturated rings. The van der Waals surface area contributed by atoms with Gasteiger partial charge in [0.2, 0.25) is 5.91 Å². The van der Waals surface area contributed by atoms with E-state index in [0.717, 1.165) is 38.6 Å². The van der Waals surface area contributed by atoms with Crippen LogP contribution in [-0.2, 0) is 4.79 Å². The van der Waals surface area contributed by atoms with Crippen molar-refractivity contribution in [1.29, 1.82) is 0 Å². The van der Waals surface area contributed by atoms with E-state index in [0.29, 0.717) is 5.92 Å². The minimum absolute atomic E-state index is 0.0577. The van der Waals surface area contributed by atoms with E-state index in [1.807, 2.05) is 0 Å². The maximum atomic E-state index is 12.1. The largest absolute Gasteiger partial charge is 0.394 e. The lowest BCUT2D eigenvalue weighted by Gasteiger charge is -2.42. The highest BCUT2D eigenvalue weighted by Gasteiger charge is 2.39. The SMILES string of the molecule is CCC1CCNC(C(=O)NC2(CO)CCC2)C1. The normalized spacial score (nSPS) is 31.6. The molecule has 17 heavy (non-hydrogen) atoms. The van der Waals surface area contributed by atoms with Gasteiger partial charge in [0, 0.05) is 0 Å². The van der Waals surface area contributed by atoms with E-state index >= 15 is 0 Å². The van der Waals surface area contributed by atoms with Gasteiger partial charge in [-0.05, 0) is 44.6 Å². The highest BCUT2D eigenvalue weighted by molar-refractivity contribution is 5.82. The Morgan fingerprint density at radius 1 is 1.53 bits per heavy atom. The summed E-state index contributed by atoms with van der Waals surface area (Å²) in [6.07, 6.45) is 6.20. The molecule has 1 heterocycles. The maximum absolute atomic E-state index is 12.1. The summed E-state index contributed by atoms with van der Waals surface area (Å²) >= 11 is 0. The fourth-order valence-corrected chi connectivity index (χ4v) is 2.84. The van der Waals surface area contributed by atoms with Gasteiger partial charge in [0.25, 0.3) is 0 Å². The number of carbonyl (C=O) groups excluding carboxylic acids is 1. The average molecular weight is 240 g/mol. The Kier molecular flexibility index (Phi) is 4.05. The molecule has 4 heteroatoms. The van der Waals surface area contributed by atoms with Crippen LogP contribution in [0.2, 0.25) is 0 Å². The van der Waals surface area contributed by atoms with E-state index in [1.54, 1.807) is 0 Å². The molecule has 3 N–H and O–H groups in total. The first kappa shape index (κ1) is 12.8. The predicted molar refractivity (Wildman–Crippen MR) is 66.6 cm³/mol. The molecule has 1 aliphatic carbocycles. The first-order valence-corrected chi connectivity index (χ1v) is 6.85. The smallest absolute Gasteiger partial charge is 0.237 e. The molecule has 2 aliphatic rings. The Bertz CT molecular complexity index is 271. The molecule has 98 valence electrons. The number of hydrogen-bond donors (Lipinski definition) is 3. The minimum atomic E-state index is -0.308. The van der Waals surface area contributed by atoms with Crippen LogP contribution >= 0.6 is 0 Å². The molecule has 1 amide bonds. The molecule has 0 bridgehead atoms. The molecular weight excluding hydrogens is 216 g/mol. The molecule has 2 atom stereocenters. The number of piperidine rings is 1. The maximum Gasteiger partial charge on any atom is 0.237 e. The zero-order valence-corrected chi connectivity index (χ0v) is 10.7. The predicted octanol–water partition coefficient (Wildman–Crippen LogP) is 0.796. The van der Waals surface area contributed by atoms with Crippen molar-refractivity contribution in [3.05, 3.63) is 0 Å². The fraction of sp³-hybridized carbons (Fsp3) is 0.923. The molecule has 4 nitrogen and oxygen atoms in total. The lowest BCUT2D eigenvalue weighted by Crippen LogP contribution is -2.61. The first-order valence-electron chi connectivity index (χ1n) is 6.85. The monoisotopic (exact) mass is 240 g/mol. The fourth-order valence-electron chi connectivity index (χ4n) is 2.84. The zero-order valence-electron chi connectivity index (χ0n) is 10.7. The Labute approximate surface area is 103 Å². The number of amides is 1. The molecule has 0 radical (unpaired) electrons. The minimum Gasteiger partial charge on any atom is -0.394 e. The molecule has 0 spiro atoms. The third-order valence-electron chi connectivity index (χ3n) is 4.41. The lowest BCUT2D eigenvalue weighted by atomic mass is 9.77. The van der Waals surface area contributed by atoms with Crippen molar-refractivity contribution in [2.45, 2.75) is 57.0 Å². The summed E-state index contributed by atoms with van der Waals surface area (Å²) in [5, 5.41) is 15.7. The van der Waals surface area contributed by atoms with Crippen LogP contribution in [0.5, 0.6) is 0 Å². The molecule has 0 aromatic heterocycles. The van der Waals surface area contributed by atoms with Crippen LogP contribution in [0.25, 0.3) is 0 Å². The summed E-state index contributed by atoms with van der Waals surface area (Å²) in [6, 6.07) is -0.0577. The van der Waals surface area contributed by atoms with Crippen LogP contribution in [0, 0.1) is 5.92 Å². The van der Waals surface area contributed by atoms with E-state index in [2.05, 4.69) is 17.6 Å². The molecule has 1 saturated carbocycles. The molecule has 1 aliphatic heterocycles. The third-order valence-corrected chi connectivity index (χ3v) is 4.41. The van der Waals surface area contributed by atoms with Gasteiger partial charge < -0.3 is 15.7 Å². The molecule has 2 unspecified atom stereocenters. The van der Waals surface area contributed by atoms with Crippen LogP contribution < -0.4 is 10.6 Å². The topological polar surface area (TPSA) is 61.4 Å². The Morgan fingerprint density at radius 3 is 2.82 bits per heavy atom. The Balaban J connectivity index is 1.86. The summed E-state index contributed by atoms with van der Waals surface area (Å²) < 4.78 is 0. The third kappa shape index (κ3) is 2.80. The van der Waals surface area contributed by atoms with E-state index in [1.165, 1.54) is 6.42 Å². The van der Waals surface area contributed by atoms with Gasteiger partial charge in [-0.3, -0.25) is 4.79 Å². The van der Waals surface area contributed by atoms with E-state index in [-0.39, 0.29) is 24.1 Å².